The van der Waals surface area contributed by atoms with E-state index in [1.165, 1.54) is 13.8 Å². The standard InChI is InChI=1S/C23H25Cl2F3N2O3/c1-13(2)19(21(32)23(26,27)28)30-22(33)20(15-6-4-3-5-7-15)29-18(31)11-9-14-8-10-16(24)17(25)12-14/h3-6,8,10,12-13,15,19-20H,7,9,11H2,1-2H3,(H,29,31)(H,30,33)/t15?,19-,20-/m0/s1. The van der Waals surface area contributed by atoms with Crippen LogP contribution in [-0.2, 0) is 20.8 Å². The van der Waals surface area contributed by atoms with Gasteiger partial charge < -0.3 is 10.6 Å². The molecule has 1 aromatic carbocycles. The maximum Gasteiger partial charge on any atom is 0.452 e. The molecule has 0 aliphatic heterocycles. The van der Waals surface area contributed by atoms with Crippen molar-refractivity contribution in [3.63, 3.8) is 0 Å². The molecule has 5 nitrogen and oxygen atoms in total. The average Bonchev–Trinajstić information content (AvgIpc) is 2.75. The van der Waals surface area contributed by atoms with Gasteiger partial charge in [0, 0.05) is 12.3 Å². The lowest BCUT2D eigenvalue weighted by Gasteiger charge is -2.29. The highest BCUT2D eigenvalue weighted by atomic mass is 35.5. The Balaban J connectivity index is 2.12. The quantitative estimate of drug-likeness (QED) is 0.506. The van der Waals surface area contributed by atoms with Gasteiger partial charge in [0.15, 0.2) is 0 Å². The highest BCUT2D eigenvalue weighted by Gasteiger charge is 2.45. The number of carbonyl (C=O) groups excluding carboxylic acids is 3. The smallest absolute Gasteiger partial charge is 0.344 e. The van der Waals surface area contributed by atoms with Gasteiger partial charge in [0.05, 0.1) is 16.1 Å². The molecule has 0 spiro atoms. The Kier molecular flexibility index (Phi) is 9.55. The number of Topliss-reactive ketones (excluding diaryl/α,β-unsaturated/α-hetero) is 1. The molecule has 0 aromatic heterocycles. The van der Waals surface area contributed by atoms with Crippen LogP contribution in [0.1, 0.15) is 32.3 Å². The lowest BCUT2D eigenvalue weighted by atomic mass is 9.90. The number of amides is 2. The number of ketones is 1. The first-order valence-electron chi connectivity index (χ1n) is 10.4. The SMILES string of the molecule is CC(C)[C@H](NC(=O)[C@@H](NC(=O)CCc1ccc(Cl)c(Cl)c1)C1C=CC=CC1)C(=O)C(F)(F)F. The molecular weight excluding hydrogens is 480 g/mol. The highest BCUT2D eigenvalue weighted by Crippen LogP contribution is 2.24. The summed E-state index contributed by atoms with van der Waals surface area (Å²) in [6, 6.07) is 2.06. The number of alkyl halides is 3. The van der Waals surface area contributed by atoms with Crippen molar-refractivity contribution in [1.82, 2.24) is 10.6 Å². The molecule has 10 heteroatoms. The van der Waals surface area contributed by atoms with Crippen LogP contribution in [0.25, 0.3) is 0 Å². The first-order chi connectivity index (χ1) is 15.4. The molecule has 180 valence electrons. The topological polar surface area (TPSA) is 75.3 Å². The fraction of sp³-hybridized carbons (Fsp3) is 0.435. The summed E-state index contributed by atoms with van der Waals surface area (Å²) in [5, 5.41) is 5.55. The summed E-state index contributed by atoms with van der Waals surface area (Å²) in [5.74, 6) is -4.62. The van der Waals surface area contributed by atoms with E-state index < -0.39 is 47.7 Å². The number of carbonyl (C=O) groups is 3. The Hall–Kier alpha value is -2.32. The van der Waals surface area contributed by atoms with Gasteiger partial charge in [0.1, 0.15) is 6.04 Å². The minimum Gasteiger partial charge on any atom is -0.344 e. The van der Waals surface area contributed by atoms with E-state index in [1.54, 1.807) is 42.5 Å². The van der Waals surface area contributed by atoms with Crippen molar-refractivity contribution in [2.75, 3.05) is 0 Å². The molecule has 2 rings (SSSR count). The van der Waals surface area contributed by atoms with Gasteiger partial charge in [-0.25, -0.2) is 0 Å². The van der Waals surface area contributed by atoms with E-state index in [9.17, 15) is 27.6 Å². The lowest BCUT2D eigenvalue weighted by molar-refractivity contribution is -0.175. The zero-order valence-corrected chi connectivity index (χ0v) is 19.6. The predicted molar refractivity (Wildman–Crippen MR) is 121 cm³/mol. The zero-order chi connectivity index (χ0) is 24.8. The molecule has 33 heavy (non-hydrogen) atoms. The molecule has 0 radical (unpaired) electrons. The van der Waals surface area contributed by atoms with Crippen LogP contribution in [0.15, 0.2) is 42.5 Å². The van der Waals surface area contributed by atoms with Gasteiger partial charge in [-0.2, -0.15) is 13.2 Å². The molecule has 3 atom stereocenters. The number of hydrogen-bond donors (Lipinski definition) is 2. The van der Waals surface area contributed by atoms with Crippen molar-refractivity contribution in [2.24, 2.45) is 11.8 Å². The summed E-state index contributed by atoms with van der Waals surface area (Å²) >= 11 is 11.9. The van der Waals surface area contributed by atoms with E-state index in [4.69, 9.17) is 23.2 Å². The fourth-order valence-electron chi connectivity index (χ4n) is 3.37. The molecule has 1 aliphatic carbocycles. The maximum atomic E-state index is 13.0. The Bertz CT molecular complexity index is 945. The fourth-order valence-corrected chi connectivity index (χ4v) is 3.69. The van der Waals surface area contributed by atoms with Gasteiger partial charge in [0.25, 0.3) is 5.78 Å². The summed E-state index contributed by atoms with van der Waals surface area (Å²) in [5.41, 5.74) is 0.761. The number of benzene rings is 1. The van der Waals surface area contributed by atoms with Crippen molar-refractivity contribution in [2.45, 2.75) is 51.4 Å². The van der Waals surface area contributed by atoms with E-state index in [0.29, 0.717) is 22.9 Å². The molecule has 0 saturated carbocycles. The van der Waals surface area contributed by atoms with Gasteiger partial charge in [0.2, 0.25) is 11.8 Å². The third-order valence-electron chi connectivity index (χ3n) is 5.19. The van der Waals surface area contributed by atoms with Crippen molar-refractivity contribution in [3.05, 3.63) is 58.1 Å². The normalized spacial score (nSPS) is 17.5. The molecule has 2 N–H and O–H groups in total. The third-order valence-corrected chi connectivity index (χ3v) is 5.93. The van der Waals surface area contributed by atoms with E-state index in [1.807, 2.05) is 0 Å². The second-order valence-electron chi connectivity index (χ2n) is 8.10. The molecule has 1 aromatic rings. The van der Waals surface area contributed by atoms with Gasteiger partial charge in [-0.3, -0.25) is 14.4 Å². The van der Waals surface area contributed by atoms with Crippen LogP contribution in [0.2, 0.25) is 10.0 Å². The van der Waals surface area contributed by atoms with Crippen molar-refractivity contribution in [3.8, 4) is 0 Å². The Morgan fingerprint density at radius 2 is 1.79 bits per heavy atom. The summed E-state index contributed by atoms with van der Waals surface area (Å²) in [7, 11) is 0. The summed E-state index contributed by atoms with van der Waals surface area (Å²) in [4.78, 5) is 37.3. The predicted octanol–water partition coefficient (Wildman–Crippen LogP) is 4.82. The van der Waals surface area contributed by atoms with Gasteiger partial charge in [-0.15, -0.1) is 0 Å². The molecule has 2 amide bonds. The van der Waals surface area contributed by atoms with Crippen molar-refractivity contribution < 1.29 is 27.6 Å². The van der Waals surface area contributed by atoms with E-state index in [-0.39, 0.29) is 6.42 Å². The number of halogens is 5. The van der Waals surface area contributed by atoms with Crippen LogP contribution in [0.3, 0.4) is 0 Å². The van der Waals surface area contributed by atoms with E-state index in [0.717, 1.165) is 5.56 Å². The number of aryl methyl sites for hydroxylation is 1. The lowest BCUT2D eigenvalue weighted by Crippen LogP contribution is -2.57. The van der Waals surface area contributed by atoms with E-state index in [2.05, 4.69) is 10.6 Å². The van der Waals surface area contributed by atoms with Crippen LogP contribution in [0.5, 0.6) is 0 Å². The number of rotatable bonds is 9. The van der Waals surface area contributed by atoms with Crippen LogP contribution in [0, 0.1) is 11.8 Å². The van der Waals surface area contributed by atoms with Crippen molar-refractivity contribution in [1.29, 1.82) is 0 Å². The largest absolute Gasteiger partial charge is 0.452 e. The molecule has 0 heterocycles. The monoisotopic (exact) mass is 504 g/mol. The molecule has 0 bridgehead atoms. The minimum atomic E-state index is -5.09. The molecule has 0 saturated heterocycles. The molecule has 1 unspecified atom stereocenters. The zero-order valence-electron chi connectivity index (χ0n) is 18.1. The van der Waals surface area contributed by atoms with Gasteiger partial charge >= 0.3 is 6.18 Å². The first-order valence-corrected chi connectivity index (χ1v) is 11.1. The Morgan fingerprint density at radius 3 is 2.33 bits per heavy atom. The van der Waals surface area contributed by atoms with Gasteiger partial charge in [-0.1, -0.05) is 67.4 Å². The molecular formula is C23H25Cl2F3N2O3. The van der Waals surface area contributed by atoms with Crippen LogP contribution >= 0.6 is 23.2 Å². The maximum absolute atomic E-state index is 13.0. The molecule has 1 aliphatic rings. The number of nitrogens with one attached hydrogen (secondary N) is 2. The van der Waals surface area contributed by atoms with Crippen LogP contribution < -0.4 is 10.6 Å². The number of allylic oxidation sites excluding steroid dienone is 3. The Morgan fingerprint density at radius 1 is 1.09 bits per heavy atom. The second-order valence-corrected chi connectivity index (χ2v) is 8.91. The summed E-state index contributed by atoms with van der Waals surface area (Å²) in [6.45, 7) is 2.81. The van der Waals surface area contributed by atoms with Crippen LogP contribution in [0.4, 0.5) is 13.2 Å². The van der Waals surface area contributed by atoms with Crippen molar-refractivity contribution >= 4 is 40.8 Å². The highest BCUT2D eigenvalue weighted by molar-refractivity contribution is 6.42. The van der Waals surface area contributed by atoms with E-state index >= 15 is 0 Å². The van der Waals surface area contributed by atoms with Crippen LogP contribution in [-0.4, -0.2) is 35.9 Å². The number of hydrogen-bond acceptors (Lipinski definition) is 3. The summed E-state index contributed by atoms with van der Waals surface area (Å²) < 4.78 is 38.9. The average molecular weight is 505 g/mol. The third kappa shape index (κ3) is 7.89. The first kappa shape index (κ1) is 26.9. The minimum absolute atomic E-state index is 0.0170. The van der Waals surface area contributed by atoms with Gasteiger partial charge in [-0.05, 0) is 36.5 Å². The summed E-state index contributed by atoms with van der Waals surface area (Å²) in [6.07, 6.45) is 2.59. The Labute approximate surface area is 200 Å². The second kappa shape index (κ2) is 11.7. The molecule has 0 fully saturated rings.